The van der Waals surface area contributed by atoms with E-state index in [1.807, 2.05) is 18.2 Å². The number of amides is 2. The van der Waals surface area contributed by atoms with Crippen LogP contribution in [-0.4, -0.2) is 60.5 Å². The van der Waals surface area contributed by atoms with E-state index in [2.05, 4.69) is 4.98 Å². The Morgan fingerprint density at radius 2 is 2.27 bits per heavy atom. The first-order valence-corrected chi connectivity index (χ1v) is 7.56. The van der Waals surface area contributed by atoms with Crippen molar-refractivity contribution in [1.82, 2.24) is 14.8 Å². The zero-order valence-corrected chi connectivity index (χ0v) is 13.2. The van der Waals surface area contributed by atoms with Gasteiger partial charge in [-0.05, 0) is 25.0 Å². The number of likely N-dealkylation sites (tertiary alicyclic amines) is 1. The number of ether oxygens (including phenoxy) is 1. The van der Waals surface area contributed by atoms with E-state index in [0.29, 0.717) is 19.6 Å². The lowest BCUT2D eigenvalue weighted by molar-refractivity contribution is -0.143. The van der Waals surface area contributed by atoms with E-state index in [1.54, 1.807) is 30.2 Å². The molecule has 0 N–H and O–H groups in total. The molecule has 0 aromatic carbocycles. The van der Waals surface area contributed by atoms with Gasteiger partial charge in [0.15, 0.2) is 0 Å². The Morgan fingerprint density at radius 3 is 2.91 bits per heavy atom. The van der Waals surface area contributed by atoms with Gasteiger partial charge in [-0.25, -0.2) is 0 Å². The predicted molar refractivity (Wildman–Crippen MR) is 82.1 cm³/mol. The van der Waals surface area contributed by atoms with Gasteiger partial charge in [0, 0.05) is 33.3 Å². The van der Waals surface area contributed by atoms with Crippen molar-refractivity contribution < 1.29 is 14.3 Å². The van der Waals surface area contributed by atoms with Crippen LogP contribution in [0.4, 0.5) is 0 Å². The van der Waals surface area contributed by atoms with Crippen LogP contribution >= 0.6 is 0 Å². The minimum absolute atomic E-state index is 0.0640. The van der Waals surface area contributed by atoms with Gasteiger partial charge in [0.1, 0.15) is 0 Å². The Labute approximate surface area is 131 Å². The number of piperidine rings is 1. The molecule has 0 spiro atoms. The average molecular weight is 305 g/mol. The second-order valence-electron chi connectivity index (χ2n) is 5.50. The van der Waals surface area contributed by atoms with Gasteiger partial charge >= 0.3 is 0 Å². The summed E-state index contributed by atoms with van der Waals surface area (Å²) in [6.07, 6.45) is 4.12. The van der Waals surface area contributed by atoms with Crippen LogP contribution < -0.4 is 0 Å². The molecule has 6 heteroatoms. The van der Waals surface area contributed by atoms with Gasteiger partial charge in [0.2, 0.25) is 11.8 Å². The van der Waals surface area contributed by atoms with E-state index in [9.17, 15) is 9.59 Å². The van der Waals surface area contributed by atoms with Crippen molar-refractivity contribution in [3.05, 3.63) is 30.1 Å². The van der Waals surface area contributed by atoms with Gasteiger partial charge in [-0.2, -0.15) is 0 Å². The molecule has 1 aromatic rings. The van der Waals surface area contributed by atoms with E-state index < -0.39 is 0 Å². The maximum absolute atomic E-state index is 12.5. The second kappa shape index (κ2) is 7.89. The number of nitrogens with zero attached hydrogens (tertiary/aromatic N) is 3. The summed E-state index contributed by atoms with van der Waals surface area (Å²) < 4.78 is 5.23. The molecule has 1 atom stereocenters. The topological polar surface area (TPSA) is 62.7 Å². The minimum atomic E-state index is -0.251. The second-order valence-corrected chi connectivity index (χ2v) is 5.50. The molecule has 1 aromatic heterocycles. The quantitative estimate of drug-likeness (QED) is 0.793. The molecule has 1 aliphatic heterocycles. The van der Waals surface area contributed by atoms with E-state index in [4.69, 9.17) is 4.74 Å². The van der Waals surface area contributed by atoms with E-state index in [0.717, 1.165) is 18.5 Å². The fourth-order valence-electron chi connectivity index (χ4n) is 2.60. The normalized spacial score (nSPS) is 16.5. The van der Waals surface area contributed by atoms with Crippen molar-refractivity contribution in [3.63, 3.8) is 0 Å². The van der Waals surface area contributed by atoms with Crippen LogP contribution in [0.1, 0.15) is 31.0 Å². The first-order chi connectivity index (χ1) is 10.6. The molecule has 2 amide bonds. The highest BCUT2D eigenvalue weighted by Gasteiger charge is 2.26. The number of hydrogen-bond acceptors (Lipinski definition) is 4. The van der Waals surface area contributed by atoms with Gasteiger partial charge in [-0.15, -0.1) is 0 Å². The van der Waals surface area contributed by atoms with Crippen molar-refractivity contribution in [2.45, 2.75) is 25.3 Å². The lowest BCUT2D eigenvalue weighted by Gasteiger charge is -2.31. The molecule has 6 nitrogen and oxygen atoms in total. The molecule has 1 aliphatic rings. The van der Waals surface area contributed by atoms with Crippen molar-refractivity contribution >= 4 is 11.8 Å². The third-order valence-electron chi connectivity index (χ3n) is 3.96. The molecule has 120 valence electrons. The Morgan fingerprint density at radius 1 is 1.45 bits per heavy atom. The number of rotatable bonds is 6. The Bertz CT molecular complexity index is 507. The number of methoxy groups -OCH3 is 1. The number of aromatic nitrogens is 1. The Hall–Kier alpha value is -1.95. The van der Waals surface area contributed by atoms with Crippen molar-refractivity contribution in [2.24, 2.45) is 0 Å². The summed E-state index contributed by atoms with van der Waals surface area (Å²) in [4.78, 5) is 31.9. The molecule has 2 heterocycles. The zero-order chi connectivity index (χ0) is 15.9. The molecule has 0 unspecified atom stereocenters. The van der Waals surface area contributed by atoms with Crippen molar-refractivity contribution in [1.29, 1.82) is 0 Å². The van der Waals surface area contributed by atoms with Crippen molar-refractivity contribution in [2.75, 3.05) is 33.9 Å². The summed E-state index contributed by atoms with van der Waals surface area (Å²) >= 11 is 0. The molecule has 1 fully saturated rings. The molecular formula is C16H23N3O3. The van der Waals surface area contributed by atoms with E-state index in [-0.39, 0.29) is 24.4 Å². The predicted octanol–water partition coefficient (Wildman–Crippen LogP) is 1.24. The third-order valence-corrected chi connectivity index (χ3v) is 3.96. The standard InChI is InChI=1S/C16H23N3O3/c1-18(14(12-22-2)13-7-3-5-9-17-13)16(21)11-19-10-6-4-8-15(19)20/h3,5,7,9,14H,4,6,8,10-12H2,1-2H3/t14-/m1/s1. The Kier molecular flexibility index (Phi) is 5.89. The van der Waals surface area contributed by atoms with Gasteiger partial charge in [0.25, 0.3) is 0 Å². The summed E-state index contributed by atoms with van der Waals surface area (Å²) in [7, 11) is 3.33. The fourth-order valence-corrected chi connectivity index (χ4v) is 2.60. The largest absolute Gasteiger partial charge is 0.382 e. The van der Waals surface area contributed by atoms with Crippen LogP contribution in [0, 0.1) is 0 Å². The first-order valence-electron chi connectivity index (χ1n) is 7.56. The average Bonchev–Trinajstić information content (AvgIpc) is 2.55. The molecule has 22 heavy (non-hydrogen) atoms. The molecule has 2 rings (SSSR count). The van der Waals surface area contributed by atoms with Crippen LogP contribution in [0.25, 0.3) is 0 Å². The maximum Gasteiger partial charge on any atom is 0.242 e. The Balaban J connectivity index is 2.04. The third kappa shape index (κ3) is 4.04. The summed E-state index contributed by atoms with van der Waals surface area (Å²) in [6, 6.07) is 5.34. The van der Waals surface area contributed by atoms with E-state index >= 15 is 0 Å². The first kappa shape index (κ1) is 16.4. The van der Waals surface area contributed by atoms with Gasteiger partial charge in [0.05, 0.1) is 24.9 Å². The van der Waals surface area contributed by atoms with Gasteiger partial charge in [-0.1, -0.05) is 6.07 Å². The molecule has 0 aliphatic carbocycles. The van der Waals surface area contributed by atoms with Gasteiger partial charge < -0.3 is 14.5 Å². The number of likely N-dealkylation sites (N-methyl/N-ethyl adjacent to an activating group) is 1. The lowest BCUT2D eigenvalue weighted by Crippen LogP contribution is -2.45. The van der Waals surface area contributed by atoms with Crippen LogP contribution in [0.15, 0.2) is 24.4 Å². The molecule has 0 saturated carbocycles. The lowest BCUT2D eigenvalue weighted by atomic mass is 10.1. The van der Waals surface area contributed by atoms with Gasteiger partial charge in [-0.3, -0.25) is 14.6 Å². The summed E-state index contributed by atoms with van der Waals surface area (Å²) in [5, 5.41) is 0. The van der Waals surface area contributed by atoms with Crippen LogP contribution in [-0.2, 0) is 14.3 Å². The van der Waals surface area contributed by atoms with Crippen molar-refractivity contribution in [3.8, 4) is 0 Å². The number of carbonyl (C=O) groups excluding carboxylic acids is 2. The SMILES string of the molecule is COC[C@H](c1ccccn1)N(C)C(=O)CN1CCCCC1=O. The fraction of sp³-hybridized carbons (Fsp3) is 0.562. The highest BCUT2D eigenvalue weighted by atomic mass is 16.5. The summed E-state index contributed by atoms with van der Waals surface area (Å²) in [5.41, 5.74) is 0.783. The smallest absolute Gasteiger partial charge is 0.242 e. The molecule has 0 radical (unpaired) electrons. The monoisotopic (exact) mass is 305 g/mol. The molecule has 0 bridgehead atoms. The highest BCUT2D eigenvalue weighted by Crippen LogP contribution is 2.18. The number of carbonyl (C=O) groups is 2. The zero-order valence-electron chi connectivity index (χ0n) is 13.2. The summed E-state index contributed by atoms with van der Waals surface area (Å²) in [5.74, 6) is -0.0305. The minimum Gasteiger partial charge on any atom is -0.382 e. The maximum atomic E-state index is 12.5. The number of hydrogen-bond donors (Lipinski definition) is 0. The van der Waals surface area contributed by atoms with Crippen LogP contribution in [0.2, 0.25) is 0 Å². The highest BCUT2D eigenvalue weighted by molar-refractivity contribution is 5.85. The summed E-state index contributed by atoms with van der Waals surface area (Å²) in [6.45, 7) is 1.16. The number of pyridine rings is 1. The molecular weight excluding hydrogens is 282 g/mol. The van der Waals surface area contributed by atoms with E-state index in [1.165, 1.54) is 0 Å². The van der Waals surface area contributed by atoms with Crippen LogP contribution in [0.3, 0.4) is 0 Å². The molecule has 1 saturated heterocycles. The van der Waals surface area contributed by atoms with Crippen LogP contribution in [0.5, 0.6) is 0 Å².